The third-order valence-corrected chi connectivity index (χ3v) is 3.44. The van der Waals surface area contributed by atoms with Crippen molar-refractivity contribution in [1.82, 2.24) is 0 Å². The van der Waals surface area contributed by atoms with Crippen molar-refractivity contribution in [2.24, 2.45) is 0 Å². The van der Waals surface area contributed by atoms with Crippen LogP contribution in [0.2, 0.25) is 0 Å². The first-order chi connectivity index (χ1) is 9.04. The quantitative estimate of drug-likeness (QED) is 0.563. The van der Waals surface area contributed by atoms with Gasteiger partial charge in [-0.25, -0.2) is 0 Å². The largest absolute Gasteiger partial charge is 0.456 e. The molecular weight excluding hydrogens is 232 g/mol. The zero-order chi connectivity index (χ0) is 13.5. The van der Waals surface area contributed by atoms with E-state index >= 15 is 0 Å². The standard InChI is InChI=1S/C18H18O/c1-18(2,3)15-9-6-8-13(11-15)17-12-14-7-4-5-10-16(14)19-17/h4-12H,1-3H3. The predicted octanol–water partition coefficient (Wildman–Crippen LogP) is 5.40. The van der Waals surface area contributed by atoms with Crippen LogP contribution in [0.15, 0.2) is 59.0 Å². The summed E-state index contributed by atoms with van der Waals surface area (Å²) in [6.45, 7) is 6.68. The number of hydrogen-bond donors (Lipinski definition) is 0. The molecule has 1 heterocycles. The molecule has 0 spiro atoms. The molecule has 1 aromatic heterocycles. The first-order valence-corrected chi connectivity index (χ1v) is 6.63. The molecule has 3 rings (SSSR count). The van der Waals surface area contributed by atoms with Crippen molar-refractivity contribution in [1.29, 1.82) is 0 Å². The summed E-state index contributed by atoms with van der Waals surface area (Å²) < 4.78 is 5.92. The molecule has 0 fully saturated rings. The molecule has 1 nitrogen and oxygen atoms in total. The molecule has 0 saturated heterocycles. The Balaban J connectivity index is 2.11. The summed E-state index contributed by atoms with van der Waals surface area (Å²) in [5, 5.41) is 1.15. The molecule has 3 aromatic rings. The smallest absolute Gasteiger partial charge is 0.135 e. The van der Waals surface area contributed by atoms with Crippen LogP contribution in [0.5, 0.6) is 0 Å². The zero-order valence-corrected chi connectivity index (χ0v) is 11.6. The Morgan fingerprint density at radius 3 is 2.37 bits per heavy atom. The summed E-state index contributed by atoms with van der Waals surface area (Å²) in [5.74, 6) is 0.937. The molecule has 0 saturated carbocycles. The van der Waals surface area contributed by atoms with Crippen molar-refractivity contribution in [3.05, 3.63) is 60.2 Å². The zero-order valence-electron chi connectivity index (χ0n) is 11.6. The molecule has 2 aromatic carbocycles. The van der Waals surface area contributed by atoms with E-state index in [2.05, 4.69) is 57.2 Å². The van der Waals surface area contributed by atoms with Gasteiger partial charge in [0.25, 0.3) is 0 Å². The molecule has 0 atom stereocenters. The lowest BCUT2D eigenvalue weighted by Gasteiger charge is -2.19. The summed E-state index contributed by atoms with van der Waals surface area (Å²) in [5.41, 5.74) is 3.56. The van der Waals surface area contributed by atoms with E-state index in [9.17, 15) is 0 Å². The molecule has 0 unspecified atom stereocenters. The number of para-hydroxylation sites is 1. The monoisotopic (exact) mass is 250 g/mol. The van der Waals surface area contributed by atoms with E-state index in [1.165, 1.54) is 5.56 Å². The molecule has 19 heavy (non-hydrogen) atoms. The van der Waals surface area contributed by atoms with Gasteiger partial charge in [0.05, 0.1) is 0 Å². The van der Waals surface area contributed by atoms with Crippen LogP contribution in [-0.4, -0.2) is 0 Å². The van der Waals surface area contributed by atoms with Crippen LogP contribution >= 0.6 is 0 Å². The highest BCUT2D eigenvalue weighted by molar-refractivity contribution is 5.82. The lowest BCUT2D eigenvalue weighted by atomic mass is 9.86. The minimum absolute atomic E-state index is 0.155. The minimum atomic E-state index is 0.155. The fraction of sp³-hybridized carbons (Fsp3) is 0.222. The van der Waals surface area contributed by atoms with Crippen LogP contribution in [0.1, 0.15) is 26.3 Å². The fourth-order valence-electron chi connectivity index (χ4n) is 2.26. The highest BCUT2D eigenvalue weighted by Gasteiger charge is 2.15. The van der Waals surface area contributed by atoms with E-state index in [1.807, 2.05) is 18.2 Å². The Kier molecular flexibility index (Phi) is 2.70. The van der Waals surface area contributed by atoms with Crippen LogP contribution in [0.3, 0.4) is 0 Å². The molecule has 0 bridgehead atoms. The summed E-state index contributed by atoms with van der Waals surface area (Å²) in [7, 11) is 0. The maximum absolute atomic E-state index is 5.92. The Hall–Kier alpha value is -2.02. The van der Waals surface area contributed by atoms with Crippen molar-refractivity contribution >= 4 is 11.0 Å². The van der Waals surface area contributed by atoms with Gasteiger partial charge in [0.15, 0.2) is 0 Å². The first-order valence-electron chi connectivity index (χ1n) is 6.63. The molecule has 0 amide bonds. The Morgan fingerprint density at radius 2 is 1.63 bits per heavy atom. The van der Waals surface area contributed by atoms with Crippen LogP contribution in [0.4, 0.5) is 0 Å². The van der Waals surface area contributed by atoms with Crippen molar-refractivity contribution in [3.63, 3.8) is 0 Å². The van der Waals surface area contributed by atoms with Crippen LogP contribution in [-0.2, 0) is 5.41 Å². The lowest BCUT2D eigenvalue weighted by molar-refractivity contribution is 0.589. The topological polar surface area (TPSA) is 13.1 Å². The maximum atomic E-state index is 5.92. The summed E-state index contributed by atoms with van der Waals surface area (Å²) in [6, 6.07) is 18.8. The highest BCUT2D eigenvalue weighted by atomic mass is 16.3. The number of rotatable bonds is 1. The third kappa shape index (κ3) is 2.28. The van der Waals surface area contributed by atoms with E-state index < -0.39 is 0 Å². The highest BCUT2D eigenvalue weighted by Crippen LogP contribution is 2.31. The van der Waals surface area contributed by atoms with Gasteiger partial charge in [-0.1, -0.05) is 57.2 Å². The predicted molar refractivity (Wildman–Crippen MR) is 80.4 cm³/mol. The van der Waals surface area contributed by atoms with Gasteiger partial charge >= 0.3 is 0 Å². The van der Waals surface area contributed by atoms with Gasteiger partial charge in [0, 0.05) is 10.9 Å². The van der Waals surface area contributed by atoms with Gasteiger partial charge < -0.3 is 4.42 Å². The second kappa shape index (κ2) is 4.27. The van der Waals surface area contributed by atoms with Crippen molar-refractivity contribution in [3.8, 4) is 11.3 Å². The van der Waals surface area contributed by atoms with Crippen LogP contribution in [0.25, 0.3) is 22.3 Å². The van der Waals surface area contributed by atoms with E-state index in [1.54, 1.807) is 0 Å². The SMILES string of the molecule is CC(C)(C)c1cccc(-c2cc3ccccc3o2)c1. The Bertz CT molecular complexity index is 681. The Labute approximate surface area is 113 Å². The van der Waals surface area contributed by atoms with Gasteiger partial charge in [-0.15, -0.1) is 0 Å². The normalized spacial score (nSPS) is 11.9. The fourth-order valence-corrected chi connectivity index (χ4v) is 2.26. The van der Waals surface area contributed by atoms with Crippen molar-refractivity contribution in [2.45, 2.75) is 26.2 Å². The average molecular weight is 250 g/mol. The molecule has 0 aliphatic rings. The molecule has 0 radical (unpaired) electrons. The Morgan fingerprint density at radius 1 is 0.842 bits per heavy atom. The van der Waals surface area contributed by atoms with Gasteiger partial charge in [-0.3, -0.25) is 0 Å². The van der Waals surface area contributed by atoms with Crippen LogP contribution in [0, 0.1) is 0 Å². The van der Waals surface area contributed by atoms with Crippen molar-refractivity contribution in [2.75, 3.05) is 0 Å². The van der Waals surface area contributed by atoms with E-state index in [0.29, 0.717) is 0 Å². The van der Waals surface area contributed by atoms with Gasteiger partial charge in [-0.2, -0.15) is 0 Å². The second-order valence-corrected chi connectivity index (χ2v) is 5.98. The number of hydrogen-bond acceptors (Lipinski definition) is 1. The van der Waals surface area contributed by atoms with Gasteiger partial charge in [0.2, 0.25) is 0 Å². The molecule has 96 valence electrons. The van der Waals surface area contributed by atoms with E-state index in [4.69, 9.17) is 4.42 Å². The van der Waals surface area contributed by atoms with Gasteiger partial charge in [-0.05, 0) is 29.2 Å². The molecule has 1 heteroatoms. The average Bonchev–Trinajstić information content (AvgIpc) is 2.81. The van der Waals surface area contributed by atoms with E-state index in [-0.39, 0.29) is 5.41 Å². The lowest BCUT2D eigenvalue weighted by Crippen LogP contribution is -2.10. The number of furan rings is 1. The first kappa shape index (κ1) is 12.0. The minimum Gasteiger partial charge on any atom is -0.456 e. The third-order valence-electron chi connectivity index (χ3n) is 3.44. The molecule has 0 aliphatic carbocycles. The van der Waals surface area contributed by atoms with Gasteiger partial charge in [0.1, 0.15) is 11.3 Å². The summed E-state index contributed by atoms with van der Waals surface area (Å²) in [4.78, 5) is 0. The number of fused-ring (bicyclic) bond motifs is 1. The maximum Gasteiger partial charge on any atom is 0.135 e. The van der Waals surface area contributed by atoms with Crippen molar-refractivity contribution < 1.29 is 4.42 Å². The molecule has 0 aliphatic heterocycles. The molecular formula is C18H18O. The second-order valence-electron chi connectivity index (χ2n) is 5.98. The van der Waals surface area contributed by atoms with Crippen LogP contribution < -0.4 is 0 Å². The van der Waals surface area contributed by atoms with E-state index in [0.717, 1.165) is 22.3 Å². The summed E-state index contributed by atoms with van der Waals surface area (Å²) >= 11 is 0. The molecule has 0 N–H and O–H groups in total. The summed E-state index contributed by atoms with van der Waals surface area (Å²) in [6.07, 6.45) is 0. The number of benzene rings is 2.